The summed E-state index contributed by atoms with van der Waals surface area (Å²) in [5, 5.41) is 9.84. The Balaban J connectivity index is 3.10. The number of carboxylic acid groups (broad SMARTS) is 1. The Bertz CT molecular complexity index is 411. The van der Waals surface area contributed by atoms with Crippen LogP contribution in [-0.2, 0) is 0 Å². The van der Waals surface area contributed by atoms with Gasteiger partial charge in [0.2, 0.25) is 0 Å². The Hall–Kier alpha value is -1.99. The standard InChI is InChI=1S/C8H5F4NO3/c9-3-1-2-4(13-8(14)15)5(10)6(3)16-7(11)12/h1-2,7,13H,(H,14,15). The van der Waals surface area contributed by atoms with Gasteiger partial charge in [0, 0.05) is 0 Å². The molecule has 1 rings (SSSR count). The molecular weight excluding hydrogens is 234 g/mol. The Morgan fingerprint density at radius 2 is 2.00 bits per heavy atom. The molecule has 16 heavy (non-hydrogen) atoms. The third-order valence-corrected chi connectivity index (χ3v) is 1.50. The molecule has 1 aromatic rings. The van der Waals surface area contributed by atoms with Crippen LogP contribution >= 0.6 is 0 Å². The number of alkyl halides is 2. The molecule has 0 aliphatic rings. The molecule has 0 atom stereocenters. The van der Waals surface area contributed by atoms with E-state index in [-0.39, 0.29) is 0 Å². The molecule has 0 fully saturated rings. The maximum absolute atomic E-state index is 13.2. The molecule has 1 amide bonds. The normalized spacial score (nSPS) is 10.3. The summed E-state index contributed by atoms with van der Waals surface area (Å²) in [5.74, 6) is -4.22. The van der Waals surface area contributed by atoms with Gasteiger partial charge in [-0.2, -0.15) is 8.78 Å². The van der Waals surface area contributed by atoms with Crippen molar-refractivity contribution in [1.82, 2.24) is 0 Å². The van der Waals surface area contributed by atoms with E-state index in [1.54, 1.807) is 5.32 Å². The monoisotopic (exact) mass is 239 g/mol. The van der Waals surface area contributed by atoms with Crippen LogP contribution in [0.3, 0.4) is 0 Å². The van der Waals surface area contributed by atoms with Crippen LogP contribution in [0.25, 0.3) is 0 Å². The second kappa shape index (κ2) is 4.69. The van der Waals surface area contributed by atoms with E-state index in [1.165, 1.54) is 0 Å². The predicted octanol–water partition coefficient (Wildman–Crippen LogP) is 2.66. The first-order valence-corrected chi connectivity index (χ1v) is 3.84. The van der Waals surface area contributed by atoms with Gasteiger partial charge in [0.1, 0.15) is 0 Å². The molecule has 0 bridgehead atoms. The van der Waals surface area contributed by atoms with E-state index in [9.17, 15) is 22.4 Å². The minimum absolute atomic E-state index is 0.603. The number of benzene rings is 1. The van der Waals surface area contributed by atoms with Crippen molar-refractivity contribution in [3.63, 3.8) is 0 Å². The van der Waals surface area contributed by atoms with Crippen LogP contribution in [0.15, 0.2) is 12.1 Å². The zero-order valence-electron chi connectivity index (χ0n) is 7.51. The molecule has 0 heterocycles. The van der Waals surface area contributed by atoms with Crippen LogP contribution in [0.5, 0.6) is 5.75 Å². The highest BCUT2D eigenvalue weighted by molar-refractivity contribution is 5.83. The Morgan fingerprint density at radius 1 is 1.38 bits per heavy atom. The SMILES string of the molecule is O=C(O)Nc1ccc(F)c(OC(F)F)c1F. The number of halogens is 4. The van der Waals surface area contributed by atoms with Crippen molar-refractivity contribution >= 4 is 11.8 Å². The minimum Gasteiger partial charge on any atom is -0.465 e. The lowest BCUT2D eigenvalue weighted by Gasteiger charge is -2.09. The highest BCUT2D eigenvalue weighted by Gasteiger charge is 2.19. The van der Waals surface area contributed by atoms with Crippen LogP contribution < -0.4 is 10.1 Å². The molecule has 0 aliphatic carbocycles. The van der Waals surface area contributed by atoms with Gasteiger partial charge in [0.05, 0.1) is 5.69 Å². The summed E-state index contributed by atoms with van der Waals surface area (Å²) in [7, 11) is 0. The average molecular weight is 239 g/mol. The Labute approximate surface area is 86.4 Å². The highest BCUT2D eigenvalue weighted by Crippen LogP contribution is 2.29. The van der Waals surface area contributed by atoms with Crippen LogP contribution in [0, 0.1) is 11.6 Å². The Kier molecular flexibility index (Phi) is 3.54. The first-order valence-electron chi connectivity index (χ1n) is 3.84. The van der Waals surface area contributed by atoms with E-state index in [2.05, 4.69) is 4.74 Å². The molecular formula is C8H5F4NO3. The molecule has 4 nitrogen and oxygen atoms in total. The topological polar surface area (TPSA) is 58.6 Å². The van der Waals surface area contributed by atoms with Crippen LogP contribution in [0.1, 0.15) is 0 Å². The lowest BCUT2D eigenvalue weighted by molar-refractivity contribution is -0.0545. The first kappa shape index (κ1) is 12.1. The van der Waals surface area contributed by atoms with Crippen molar-refractivity contribution in [2.45, 2.75) is 6.61 Å². The first-order chi connectivity index (χ1) is 7.41. The number of carbonyl (C=O) groups is 1. The van der Waals surface area contributed by atoms with Crippen molar-refractivity contribution in [3.05, 3.63) is 23.8 Å². The molecule has 0 spiro atoms. The minimum atomic E-state index is -3.41. The van der Waals surface area contributed by atoms with Gasteiger partial charge in [0.25, 0.3) is 0 Å². The predicted molar refractivity (Wildman–Crippen MR) is 44.6 cm³/mol. The van der Waals surface area contributed by atoms with Crippen molar-refractivity contribution in [1.29, 1.82) is 0 Å². The van der Waals surface area contributed by atoms with Gasteiger partial charge in [0.15, 0.2) is 17.4 Å². The van der Waals surface area contributed by atoms with E-state index >= 15 is 0 Å². The number of anilines is 1. The molecule has 0 radical (unpaired) electrons. The largest absolute Gasteiger partial charge is 0.465 e. The second-order valence-electron chi connectivity index (χ2n) is 2.55. The number of hydrogen-bond donors (Lipinski definition) is 2. The van der Waals surface area contributed by atoms with Gasteiger partial charge in [-0.15, -0.1) is 0 Å². The molecule has 0 aromatic heterocycles. The summed E-state index contributed by atoms with van der Waals surface area (Å²) in [5.41, 5.74) is -0.676. The van der Waals surface area contributed by atoms with E-state index in [1.807, 2.05) is 0 Å². The zero-order valence-corrected chi connectivity index (χ0v) is 7.51. The number of ether oxygens (including phenoxy) is 1. The maximum Gasteiger partial charge on any atom is 0.409 e. The van der Waals surface area contributed by atoms with Crippen molar-refractivity contribution < 1.29 is 32.2 Å². The molecule has 0 unspecified atom stereocenters. The van der Waals surface area contributed by atoms with E-state index in [0.29, 0.717) is 6.07 Å². The molecule has 0 aliphatic heterocycles. The molecule has 0 saturated carbocycles. The van der Waals surface area contributed by atoms with E-state index in [4.69, 9.17) is 5.11 Å². The molecule has 0 saturated heterocycles. The number of rotatable bonds is 3. The fraction of sp³-hybridized carbons (Fsp3) is 0.125. The fourth-order valence-corrected chi connectivity index (χ4v) is 0.941. The third kappa shape index (κ3) is 2.75. The van der Waals surface area contributed by atoms with Gasteiger partial charge in [-0.1, -0.05) is 0 Å². The number of hydrogen-bond acceptors (Lipinski definition) is 2. The fourth-order valence-electron chi connectivity index (χ4n) is 0.941. The van der Waals surface area contributed by atoms with Crippen LogP contribution in [0.2, 0.25) is 0 Å². The van der Waals surface area contributed by atoms with Gasteiger partial charge in [-0.05, 0) is 12.1 Å². The van der Waals surface area contributed by atoms with Gasteiger partial charge in [-0.3, -0.25) is 5.32 Å². The van der Waals surface area contributed by atoms with Gasteiger partial charge < -0.3 is 9.84 Å². The van der Waals surface area contributed by atoms with Crippen LogP contribution in [0.4, 0.5) is 28.0 Å². The average Bonchev–Trinajstić information content (AvgIpc) is 2.16. The van der Waals surface area contributed by atoms with Gasteiger partial charge >= 0.3 is 12.7 Å². The lowest BCUT2D eigenvalue weighted by atomic mass is 10.2. The quantitative estimate of drug-likeness (QED) is 0.797. The summed E-state index contributed by atoms with van der Waals surface area (Å²) in [4.78, 5) is 10.2. The van der Waals surface area contributed by atoms with Crippen molar-refractivity contribution in [2.24, 2.45) is 0 Å². The smallest absolute Gasteiger partial charge is 0.409 e. The summed E-state index contributed by atoms with van der Waals surface area (Å²) < 4.78 is 53.2. The molecule has 1 aromatic carbocycles. The maximum atomic E-state index is 13.2. The van der Waals surface area contributed by atoms with Crippen molar-refractivity contribution in [2.75, 3.05) is 5.32 Å². The summed E-state index contributed by atoms with van der Waals surface area (Å²) in [6, 6.07) is 1.35. The van der Waals surface area contributed by atoms with Crippen molar-refractivity contribution in [3.8, 4) is 5.75 Å². The lowest BCUT2D eigenvalue weighted by Crippen LogP contribution is -2.11. The van der Waals surface area contributed by atoms with E-state index < -0.39 is 35.8 Å². The molecule has 88 valence electrons. The number of nitrogens with one attached hydrogen (secondary N) is 1. The zero-order chi connectivity index (χ0) is 12.3. The molecule has 2 N–H and O–H groups in total. The summed E-state index contributed by atoms with van der Waals surface area (Å²) in [6.45, 7) is -3.41. The third-order valence-electron chi connectivity index (χ3n) is 1.50. The molecule has 8 heteroatoms. The number of amides is 1. The summed E-state index contributed by atoms with van der Waals surface area (Å²) >= 11 is 0. The van der Waals surface area contributed by atoms with Gasteiger partial charge in [-0.25, -0.2) is 13.6 Å². The van der Waals surface area contributed by atoms with E-state index in [0.717, 1.165) is 6.07 Å². The highest BCUT2D eigenvalue weighted by atomic mass is 19.3. The van der Waals surface area contributed by atoms with Crippen LogP contribution in [-0.4, -0.2) is 17.8 Å². The Morgan fingerprint density at radius 3 is 2.50 bits per heavy atom. The second-order valence-corrected chi connectivity index (χ2v) is 2.55. The summed E-state index contributed by atoms with van der Waals surface area (Å²) in [6.07, 6.45) is -1.62.